The van der Waals surface area contributed by atoms with Gasteiger partial charge in [0.05, 0.1) is 22.8 Å². The first kappa shape index (κ1) is 21.4. The van der Waals surface area contributed by atoms with Crippen LogP contribution in [0.2, 0.25) is 0 Å². The van der Waals surface area contributed by atoms with Crippen molar-refractivity contribution in [2.24, 2.45) is 0 Å². The molecule has 1 aromatic heterocycles. The summed E-state index contributed by atoms with van der Waals surface area (Å²) in [6.07, 6.45) is 1.25. The zero-order valence-electron chi connectivity index (χ0n) is 18.6. The topological polar surface area (TPSA) is 106 Å². The maximum atomic E-state index is 13.7. The van der Waals surface area contributed by atoms with Crippen LogP contribution in [0.1, 0.15) is 36.7 Å². The number of hydrogen-bond acceptors (Lipinski definition) is 7. The van der Waals surface area contributed by atoms with Crippen molar-refractivity contribution in [2.75, 3.05) is 15.8 Å². The number of fused-ring (bicyclic) bond motifs is 2. The van der Waals surface area contributed by atoms with E-state index < -0.39 is 10.0 Å². The lowest BCUT2D eigenvalue weighted by Gasteiger charge is -2.30. The largest absolute Gasteiger partial charge is 0.482 e. The summed E-state index contributed by atoms with van der Waals surface area (Å²) in [5.74, 6) is 0.939. The van der Waals surface area contributed by atoms with Crippen molar-refractivity contribution in [1.82, 2.24) is 10.1 Å². The Balaban J connectivity index is 1.53. The number of aromatic nitrogens is 2. The molecule has 0 N–H and O–H groups in total. The average molecular weight is 469 g/mol. The van der Waals surface area contributed by atoms with Gasteiger partial charge in [-0.3, -0.25) is 14.0 Å². The Morgan fingerprint density at radius 2 is 1.97 bits per heavy atom. The normalized spacial score (nSPS) is 17.7. The van der Waals surface area contributed by atoms with Crippen LogP contribution >= 0.6 is 0 Å². The predicted molar refractivity (Wildman–Crippen MR) is 121 cm³/mol. The van der Waals surface area contributed by atoms with Crippen LogP contribution in [-0.2, 0) is 34.2 Å². The fourth-order valence-corrected chi connectivity index (χ4v) is 6.35. The van der Waals surface area contributed by atoms with E-state index in [4.69, 9.17) is 9.26 Å². The molecule has 10 heteroatoms. The number of benzene rings is 2. The summed E-state index contributed by atoms with van der Waals surface area (Å²) in [5, 5.41) is 3.93. The molecule has 0 radical (unpaired) electrons. The molecule has 33 heavy (non-hydrogen) atoms. The molecule has 2 aliphatic rings. The lowest BCUT2D eigenvalue weighted by atomic mass is 10.1. The van der Waals surface area contributed by atoms with Crippen LogP contribution in [0.4, 0.5) is 11.4 Å². The van der Waals surface area contributed by atoms with Crippen LogP contribution in [-0.4, -0.2) is 37.1 Å². The minimum atomic E-state index is -3.85. The Morgan fingerprint density at radius 1 is 1.18 bits per heavy atom. The van der Waals surface area contributed by atoms with Crippen molar-refractivity contribution in [3.8, 4) is 5.75 Å². The summed E-state index contributed by atoms with van der Waals surface area (Å²) in [7, 11) is -3.85. The van der Waals surface area contributed by atoms with E-state index in [1.54, 1.807) is 13.0 Å². The van der Waals surface area contributed by atoms with Crippen molar-refractivity contribution >= 4 is 27.3 Å². The van der Waals surface area contributed by atoms with Crippen molar-refractivity contribution in [1.29, 1.82) is 0 Å². The van der Waals surface area contributed by atoms with Gasteiger partial charge in [-0.05, 0) is 43.5 Å². The minimum absolute atomic E-state index is 0.112. The van der Waals surface area contributed by atoms with Gasteiger partial charge in [-0.15, -0.1) is 0 Å². The van der Waals surface area contributed by atoms with E-state index in [1.165, 1.54) is 15.3 Å². The highest BCUT2D eigenvalue weighted by molar-refractivity contribution is 7.93. The van der Waals surface area contributed by atoms with Gasteiger partial charge in [-0.2, -0.15) is 4.98 Å². The fraction of sp³-hybridized carbons (Fsp3) is 0.348. The van der Waals surface area contributed by atoms with Crippen LogP contribution in [0.3, 0.4) is 0 Å². The highest BCUT2D eigenvalue weighted by Crippen LogP contribution is 2.41. The molecule has 0 saturated heterocycles. The standard InChI is InChI=1S/C23H24N4O5S/c1-4-22-24-21(25-32-22)12-26-18-9-14(2)20(11-19(18)31-13-23(26)28)33(29,30)27-15(3)10-16-7-5-6-8-17(16)27/h5-9,11,15H,4,10,12-13H2,1-3H3/t15-/m0/s1. The molecule has 0 saturated carbocycles. The van der Waals surface area contributed by atoms with Crippen LogP contribution in [0.25, 0.3) is 0 Å². The van der Waals surface area contributed by atoms with E-state index in [2.05, 4.69) is 10.1 Å². The zero-order chi connectivity index (χ0) is 23.3. The summed E-state index contributed by atoms with van der Waals surface area (Å²) >= 11 is 0. The van der Waals surface area contributed by atoms with Gasteiger partial charge >= 0.3 is 0 Å². The lowest BCUT2D eigenvalue weighted by molar-refractivity contribution is -0.121. The third kappa shape index (κ3) is 3.54. The molecule has 3 heterocycles. The molecule has 3 aromatic rings. The molecule has 0 fully saturated rings. The first-order valence-electron chi connectivity index (χ1n) is 10.8. The van der Waals surface area contributed by atoms with Gasteiger partial charge in [-0.25, -0.2) is 8.42 Å². The van der Waals surface area contributed by atoms with Crippen molar-refractivity contribution in [3.63, 3.8) is 0 Å². The van der Waals surface area contributed by atoms with Gasteiger partial charge in [0.25, 0.3) is 15.9 Å². The monoisotopic (exact) mass is 468 g/mol. The molecule has 0 aliphatic carbocycles. The number of rotatable bonds is 5. The SMILES string of the molecule is CCc1nc(CN2C(=O)COc3cc(S(=O)(=O)N4c5ccccc5C[C@@H]4C)c(C)cc32)no1. The van der Waals surface area contributed by atoms with Gasteiger partial charge in [0.2, 0.25) is 5.89 Å². The summed E-state index contributed by atoms with van der Waals surface area (Å²) < 4.78 is 39.8. The molecule has 5 rings (SSSR count). The molecule has 0 spiro atoms. The molecule has 2 aromatic carbocycles. The smallest absolute Gasteiger partial charge is 0.265 e. The fourth-order valence-electron chi connectivity index (χ4n) is 4.43. The van der Waals surface area contributed by atoms with Crippen molar-refractivity contribution in [3.05, 3.63) is 59.2 Å². The first-order valence-corrected chi connectivity index (χ1v) is 12.2. The highest BCUT2D eigenvalue weighted by Gasteiger charge is 2.38. The van der Waals surface area contributed by atoms with Gasteiger partial charge in [0, 0.05) is 18.5 Å². The number of sulfonamides is 1. The van der Waals surface area contributed by atoms with Gasteiger partial charge in [0.15, 0.2) is 12.4 Å². The molecule has 0 bridgehead atoms. The summed E-state index contributed by atoms with van der Waals surface area (Å²) in [6.45, 7) is 5.44. The Bertz CT molecular complexity index is 1350. The second kappa shape index (κ2) is 7.87. The second-order valence-corrected chi connectivity index (χ2v) is 10.1. The maximum absolute atomic E-state index is 13.7. The predicted octanol–water partition coefficient (Wildman–Crippen LogP) is 3.01. The number of carbonyl (C=O) groups excluding carboxylic acids is 1. The van der Waals surface area contributed by atoms with E-state index >= 15 is 0 Å². The minimum Gasteiger partial charge on any atom is -0.482 e. The molecule has 1 amide bonds. The number of nitrogens with zero attached hydrogens (tertiary/aromatic N) is 4. The van der Waals surface area contributed by atoms with Crippen LogP contribution in [0, 0.1) is 6.92 Å². The van der Waals surface area contributed by atoms with Gasteiger partial charge in [-0.1, -0.05) is 30.3 Å². The Labute approximate surface area is 192 Å². The lowest BCUT2D eigenvalue weighted by Crippen LogP contribution is -2.39. The number of aryl methyl sites for hydroxylation is 2. The number of para-hydroxylation sites is 1. The Morgan fingerprint density at radius 3 is 2.73 bits per heavy atom. The first-order chi connectivity index (χ1) is 15.8. The zero-order valence-corrected chi connectivity index (χ0v) is 19.4. The molecule has 172 valence electrons. The van der Waals surface area contributed by atoms with Crippen LogP contribution < -0.4 is 13.9 Å². The Hall–Kier alpha value is -3.40. The van der Waals surface area contributed by atoms with E-state index in [0.717, 1.165) is 5.56 Å². The third-order valence-corrected chi connectivity index (χ3v) is 8.06. The summed E-state index contributed by atoms with van der Waals surface area (Å²) in [4.78, 5) is 18.5. The number of hydrogen-bond donors (Lipinski definition) is 0. The van der Waals surface area contributed by atoms with Crippen molar-refractivity contribution < 1.29 is 22.5 Å². The van der Waals surface area contributed by atoms with Gasteiger partial charge in [0.1, 0.15) is 5.75 Å². The highest BCUT2D eigenvalue weighted by atomic mass is 32.2. The average Bonchev–Trinajstić information content (AvgIpc) is 3.38. The molecular weight excluding hydrogens is 444 g/mol. The number of amides is 1. The summed E-state index contributed by atoms with van der Waals surface area (Å²) in [5.41, 5.74) is 2.71. The number of anilines is 2. The van der Waals surface area contributed by atoms with Crippen molar-refractivity contribution in [2.45, 2.75) is 51.1 Å². The molecule has 0 unspecified atom stereocenters. The molecule has 9 nitrogen and oxygen atoms in total. The van der Waals surface area contributed by atoms with Crippen LogP contribution in [0.15, 0.2) is 45.8 Å². The quantitative estimate of drug-likeness (QED) is 0.567. The number of ether oxygens (including phenoxy) is 1. The second-order valence-electron chi connectivity index (χ2n) is 8.29. The van der Waals surface area contributed by atoms with E-state index in [-0.39, 0.29) is 30.0 Å². The van der Waals surface area contributed by atoms with Gasteiger partial charge < -0.3 is 9.26 Å². The van der Waals surface area contributed by atoms with Crippen LogP contribution in [0.5, 0.6) is 5.75 Å². The molecule has 2 aliphatic heterocycles. The van der Waals surface area contributed by atoms with E-state index in [0.29, 0.717) is 47.2 Å². The summed E-state index contributed by atoms with van der Waals surface area (Å²) in [6, 6.07) is 10.5. The van der Waals surface area contributed by atoms with E-state index in [9.17, 15) is 13.2 Å². The third-order valence-electron chi connectivity index (χ3n) is 5.99. The Kier molecular flexibility index (Phi) is 5.12. The molecule has 1 atom stereocenters. The number of carbonyl (C=O) groups is 1. The molecular formula is C23H24N4O5S. The maximum Gasteiger partial charge on any atom is 0.265 e. The van der Waals surface area contributed by atoms with E-state index in [1.807, 2.05) is 38.1 Å².